The van der Waals surface area contributed by atoms with Gasteiger partial charge in [-0.1, -0.05) is 30.3 Å². The van der Waals surface area contributed by atoms with Gasteiger partial charge in [0, 0.05) is 6.04 Å². The molecule has 2 aromatic rings. The SMILES string of the molecule is O=C(NC1CCC(n2cc(OCCOC(F)(F)F)cn2)CC1)OCc1ccccc1. The summed E-state index contributed by atoms with van der Waals surface area (Å²) in [5.74, 6) is 0.394. The van der Waals surface area contributed by atoms with Crippen LogP contribution in [0.4, 0.5) is 18.0 Å². The van der Waals surface area contributed by atoms with Gasteiger partial charge in [0.15, 0.2) is 5.75 Å². The number of nitrogens with zero attached hydrogens (tertiary/aromatic N) is 2. The molecule has 0 unspecified atom stereocenters. The summed E-state index contributed by atoms with van der Waals surface area (Å²) in [6, 6.07) is 9.65. The Morgan fingerprint density at radius 2 is 1.87 bits per heavy atom. The lowest BCUT2D eigenvalue weighted by atomic mass is 9.91. The Kier molecular flexibility index (Phi) is 7.56. The fraction of sp³-hybridized carbons (Fsp3) is 0.500. The van der Waals surface area contributed by atoms with E-state index in [-0.39, 0.29) is 25.3 Å². The van der Waals surface area contributed by atoms with Gasteiger partial charge in [-0.15, -0.1) is 13.2 Å². The number of rotatable bonds is 8. The molecule has 0 saturated heterocycles. The Bertz CT molecular complexity index is 790. The van der Waals surface area contributed by atoms with Gasteiger partial charge in [0.2, 0.25) is 0 Å². The van der Waals surface area contributed by atoms with E-state index < -0.39 is 19.1 Å². The number of ether oxygens (including phenoxy) is 3. The average molecular weight is 427 g/mol. The number of hydrogen-bond donors (Lipinski definition) is 1. The minimum absolute atomic E-state index is 0.0373. The van der Waals surface area contributed by atoms with Crippen LogP contribution in [0.5, 0.6) is 5.75 Å². The van der Waals surface area contributed by atoms with Crippen molar-refractivity contribution < 1.29 is 32.2 Å². The second-order valence-corrected chi connectivity index (χ2v) is 7.01. The van der Waals surface area contributed by atoms with Gasteiger partial charge >= 0.3 is 12.5 Å². The first-order chi connectivity index (χ1) is 14.4. The molecule has 1 N–H and O–H groups in total. The van der Waals surface area contributed by atoms with Crippen molar-refractivity contribution in [2.45, 2.75) is 50.7 Å². The standard InChI is InChI=1S/C20H24F3N3O4/c21-20(22,23)30-11-10-28-18-12-24-26(13-18)17-8-6-16(7-9-17)25-19(27)29-14-15-4-2-1-3-5-15/h1-5,12-13,16-17H,6-11,14H2,(H,25,27). The van der Waals surface area contributed by atoms with Crippen molar-refractivity contribution in [2.24, 2.45) is 0 Å². The fourth-order valence-electron chi connectivity index (χ4n) is 3.33. The average Bonchev–Trinajstić information content (AvgIpc) is 3.19. The monoisotopic (exact) mass is 427 g/mol. The van der Waals surface area contributed by atoms with Gasteiger partial charge in [-0.2, -0.15) is 5.10 Å². The van der Waals surface area contributed by atoms with Gasteiger partial charge in [-0.25, -0.2) is 4.79 Å². The van der Waals surface area contributed by atoms with Crippen LogP contribution in [0.3, 0.4) is 0 Å². The summed E-state index contributed by atoms with van der Waals surface area (Å²) in [6.07, 6.45) is 1.22. The highest BCUT2D eigenvalue weighted by Gasteiger charge is 2.29. The van der Waals surface area contributed by atoms with Crippen molar-refractivity contribution in [3.05, 3.63) is 48.3 Å². The Hall–Kier alpha value is -2.75. The first-order valence-electron chi connectivity index (χ1n) is 9.74. The van der Waals surface area contributed by atoms with E-state index in [1.165, 1.54) is 6.20 Å². The third kappa shape index (κ3) is 7.25. The summed E-state index contributed by atoms with van der Waals surface area (Å²) in [5, 5.41) is 7.12. The van der Waals surface area contributed by atoms with Gasteiger partial charge in [0.25, 0.3) is 0 Å². The van der Waals surface area contributed by atoms with Crippen LogP contribution in [0, 0.1) is 0 Å². The van der Waals surface area contributed by atoms with Gasteiger partial charge in [-0.3, -0.25) is 9.42 Å². The molecule has 7 nitrogen and oxygen atoms in total. The zero-order chi connectivity index (χ0) is 21.4. The van der Waals surface area contributed by atoms with E-state index in [2.05, 4.69) is 15.2 Å². The van der Waals surface area contributed by atoms with Crippen LogP contribution in [0.25, 0.3) is 0 Å². The second kappa shape index (κ2) is 10.3. The molecule has 0 atom stereocenters. The van der Waals surface area contributed by atoms with Crippen LogP contribution in [-0.4, -0.2) is 41.5 Å². The number of nitrogens with one attached hydrogen (secondary N) is 1. The normalized spacial score (nSPS) is 19.3. The van der Waals surface area contributed by atoms with E-state index >= 15 is 0 Å². The lowest BCUT2D eigenvalue weighted by molar-refractivity contribution is -0.325. The predicted octanol–water partition coefficient (Wildman–Crippen LogP) is 4.21. The van der Waals surface area contributed by atoms with Crippen molar-refractivity contribution >= 4 is 6.09 Å². The fourth-order valence-corrected chi connectivity index (χ4v) is 3.33. The summed E-state index contributed by atoms with van der Waals surface area (Å²) < 4.78 is 51.7. The minimum atomic E-state index is -4.66. The van der Waals surface area contributed by atoms with Crippen LogP contribution in [-0.2, 0) is 16.1 Å². The quantitative estimate of drug-likeness (QED) is 0.639. The van der Waals surface area contributed by atoms with Crippen molar-refractivity contribution in [1.29, 1.82) is 0 Å². The summed E-state index contributed by atoms with van der Waals surface area (Å²) in [4.78, 5) is 12.0. The highest BCUT2D eigenvalue weighted by atomic mass is 19.4. The first-order valence-corrected chi connectivity index (χ1v) is 9.74. The minimum Gasteiger partial charge on any atom is -0.488 e. The Morgan fingerprint density at radius 3 is 2.57 bits per heavy atom. The molecule has 0 bridgehead atoms. The number of amides is 1. The van der Waals surface area contributed by atoms with E-state index in [1.54, 1.807) is 10.9 Å². The van der Waals surface area contributed by atoms with Crippen LogP contribution >= 0.6 is 0 Å². The van der Waals surface area contributed by atoms with E-state index in [9.17, 15) is 18.0 Å². The van der Waals surface area contributed by atoms with Crippen LogP contribution in [0.1, 0.15) is 37.3 Å². The van der Waals surface area contributed by atoms with Crippen molar-refractivity contribution in [2.75, 3.05) is 13.2 Å². The summed E-state index contributed by atoms with van der Waals surface area (Å²) in [7, 11) is 0. The van der Waals surface area contributed by atoms with Crippen LogP contribution < -0.4 is 10.1 Å². The zero-order valence-corrected chi connectivity index (χ0v) is 16.3. The molecule has 1 heterocycles. The number of halogens is 3. The number of hydrogen-bond acceptors (Lipinski definition) is 5. The molecule has 1 aliphatic carbocycles. The van der Waals surface area contributed by atoms with E-state index in [1.807, 2.05) is 30.3 Å². The molecule has 164 valence electrons. The number of carbonyl (C=O) groups is 1. The number of alkyl carbamates (subject to hydrolysis) is 1. The molecular weight excluding hydrogens is 403 g/mol. The highest BCUT2D eigenvalue weighted by molar-refractivity contribution is 5.67. The van der Waals surface area contributed by atoms with Crippen molar-refractivity contribution in [3.8, 4) is 5.75 Å². The Labute approximate surface area is 172 Å². The maximum absolute atomic E-state index is 12.0. The van der Waals surface area contributed by atoms with Gasteiger partial charge in [0.1, 0.15) is 13.2 Å². The molecule has 1 saturated carbocycles. The number of alkyl halides is 3. The number of aromatic nitrogens is 2. The molecular formula is C20H24F3N3O4. The van der Waals surface area contributed by atoms with Gasteiger partial charge in [-0.05, 0) is 31.2 Å². The van der Waals surface area contributed by atoms with Crippen LogP contribution in [0.15, 0.2) is 42.7 Å². The molecule has 3 rings (SSSR count). The largest absolute Gasteiger partial charge is 0.522 e. The smallest absolute Gasteiger partial charge is 0.488 e. The molecule has 10 heteroatoms. The molecule has 1 fully saturated rings. The lowest BCUT2D eigenvalue weighted by Crippen LogP contribution is -2.38. The molecule has 1 amide bonds. The summed E-state index contributed by atoms with van der Waals surface area (Å²) in [5.41, 5.74) is 0.929. The second-order valence-electron chi connectivity index (χ2n) is 7.01. The topological polar surface area (TPSA) is 74.6 Å². The maximum atomic E-state index is 12.0. The van der Waals surface area contributed by atoms with E-state index in [4.69, 9.17) is 9.47 Å². The third-order valence-corrected chi connectivity index (χ3v) is 4.80. The molecule has 0 spiro atoms. The summed E-state index contributed by atoms with van der Waals surface area (Å²) in [6.45, 7) is -0.565. The maximum Gasteiger partial charge on any atom is 0.522 e. The Morgan fingerprint density at radius 1 is 1.13 bits per heavy atom. The first kappa shape index (κ1) is 21.9. The molecule has 1 aliphatic rings. The third-order valence-electron chi connectivity index (χ3n) is 4.80. The van der Waals surface area contributed by atoms with E-state index in [0.717, 1.165) is 31.2 Å². The van der Waals surface area contributed by atoms with Gasteiger partial charge < -0.3 is 14.8 Å². The van der Waals surface area contributed by atoms with Gasteiger partial charge in [0.05, 0.1) is 25.0 Å². The summed E-state index contributed by atoms with van der Waals surface area (Å²) >= 11 is 0. The highest BCUT2D eigenvalue weighted by Crippen LogP contribution is 2.29. The molecule has 1 aromatic heterocycles. The predicted molar refractivity (Wildman–Crippen MR) is 101 cm³/mol. The molecule has 0 aliphatic heterocycles. The molecule has 30 heavy (non-hydrogen) atoms. The van der Waals surface area contributed by atoms with Crippen molar-refractivity contribution in [3.63, 3.8) is 0 Å². The van der Waals surface area contributed by atoms with Crippen molar-refractivity contribution in [1.82, 2.24) is 15.1 Å². The molecule has 1 aromatic carbocycles. The Balaban J connectivity index is 1.35. The zero-order valence-electron chi connectivity index (χ0n) is 16.3. The lowest BCUT2D eigenvalue weighted by Gasteiger charge is -2.28. The number of carbonyl (C=O) groups excluding carboxylic acids is 1. The van der Waals surface area contributed by atoms with Crippen LogP contribution in [0.2, 0.25) is 0 Å². The molecule has 0 radical (unpaired) electrons. The number of benzene rings is 1. The van der Waals surface area contributed by atoms with E-state index in [0.29, 0.717) is 5.75 Å².